The van der Waals surface area contributed by atoms with Crippen LogP contribution in [0.25, 0.3) is 0 Å². The first-order chi connectivity index (χ1) is 12.4. The summed E-state index contributed by atoms with van der Waals surface area (Å²) in [4.78, 5) is 33.7. The second kappa shape index (κ2) is 5.69. The van der Waals surface area contributed by atoms with Gasteiger partial charge in [0.05, 0.1) is 0 Å². The number of allylic oxidation sites excluding steroid dienone is 1. The lowest BCUT2D eigenvalue weighted by Gasteiger charge is -2.25. The SMILES string of the molecule is CCC1=CC2(CC1)NC(=O)c1c(C)cc(Nc3cc(N)ncn3)c(=O)n12. The van der Waals surface area contributed by atoms with Crippen LogP contribution >= 0.6 is 0 Å². The Morgan fingerprint density at radius 2 is 2.15 bits per heavy atom. The molecular weight excluding hydrogens is 332 g/mol. The number of rotatable bonds is 3. The number of hydrogen-bond acceptors (Lipinski definition) is 6. The van der Waals surface area contributed by atoms with Crippen molar-refractivity contribution in [3.63, 3.8) is 0 Å². The van der Waals surface area contributed by atoms with Gasteiger partial charge in [-0.1, -0.05) is 12.5 Å². The number of carbonyl (C=O) groups is 1. The van der Waals surface area contributed by atoms with Gasteiger partial charge in [0.2, 0.25) is 0 Å². The molecule has 134 valence electrons. The van der Waals surface area contributed by atoms with Crippen molar-refractivity contribution in [2.24, 2.45) is 0 Å². The Balaban J connectivity index is 1.86. The van der Waals surface area contributed by atoms with Gasteiger partial charge in [-0.25, -0.2) is 9.97 Å². The van der Waals surface area contributed by atoms with Gasteiger partial charge in [0, 0.05) is 6.07 Å². The van der Waals surface area contributed by atoms with E-state index >= 15 is 0 Å². The molecule has 1 spiro atoms. The maximum absolute atomic E-state index is 13.2. The third-order valence-corrected chi connectivity index (χ3v) is 5.01. The summed E-state index contributed by atoms with van der Waals surface area (Å²) >= 11 is 0. The largest absolute Gasteiger partial charge is 0.384 e. The van der Waals surface area contributed by atoms with Crippen LogP contribution in [-0.2, 0) is 5.66 Å². The Bertz CT molecular complexity index is 1010. The first-order valence-electron chi connectivity index (χ1n) is 8.58. The number of anilines is 3. The van der Waals surface area contributed by atoms with Crippen LogP contribution in [0.1, 0.15) is 42.2 Å². The second-order valence-corrected chi connectivity index (χ2v) is 6.72. The van der Waals surface area contributed by atoms with Crippen LogP contribution in [0.5, 0.6) is 0 Å². The standard InChI is InChI=1S/C18H20N6O2/c1-3-11-4-5-18(8-11)23-16(25)15-10(2)6-12(17(26)24(15)18)22-14-7-13(19)20-9-21-14/h6-9H,3-5H2,1-2H3,(H,23,25)(H3,19,20,21,22). The minimum atomic E-state index is -0.776. The smallest absolute Gasteiger partial charge is 0.277 e. The molecule has 2 aromatic heterocycles. The van der Waals surface area contributed by atoms with Crippen molar-refractivity contribution in [1.82, 2.24) is 19.9 Å². The summed E-state index contributed by atoms with van der Waals surface area (Å²) < 4.78 is 1.58. The van der Waals surface area contributed by atoms with E-state index in [-0.39, 0.29) is 11.5 Å². The summed E-state index contributed by atoms with van der Waals surface area (Å²) in [5.41, 5.74) is 7.36. The first kappa shape index (κ1) is 16.3. The summed E-state index contributed by atoms with van der Waals surface area (Å²) in [6, 6.07) is 3.22. The van der Waals surface area contributed by atoms with Crippen molar-refractivity contribution in [3.05, 3.63) is 51.7 Å². The van der Waals surface area contributed by atoms with Gasteiger partial charge >= 0.3 is 0 Å². The van der Waals surface area contributed by atoms with E-state index in [1.165, 1.54) is 11.9 Å². The van der Waals surface area contributed by atoms with Gasteiger partial charge < -0.3 is 16.4 Å². The quantitative estimate of drug-likeness (QED) is 0.726. The topological polar surface area (TPSA) is 115 Å². The first-order valence-corrected chi connectivity index (χ1v) is 8.58. The molecule has 0 fully saturated rings. The van der Waals surface area contributed by atoms with E-state index in [1.807, 2.05) is 13.0 Å². The highest BCUT2D eigenvalue weighted by atomic mass is 16.2. The Morgan fingerprint density at radius 1 is 1.35 bits per heavy atom. The predicted molar refractivity (Wildman–Crippen MR) is 98.2 cm³/mol. The zero-order valence-corrected chi connectivity index (χ0v) is 14.7. The predicted octanol–water partition coefficient (Wildman–Crippen LogP) is 1.80. The van der Waals surface area contributed by atoms with Crippen LogP contribution in [0.3, 0.4) is 0 Å². The number of fused-ring (bicyclic) bond motifs is 2. The number of pyridine rings is 1. The molecule has 0 saturated heterocycles. The molecule has 2 aromatic rings. The number of amides is 1. The number of nitrogens with zero attached hydrogens (tertiary/aromatic N) is 3. The summed E-state index contributed by atoms with van der Waals surface area (Å²) in [5, 5.41) is 6.02. The summed E-state index contributed by atoms with van der Waals surface area (Å²) in [6.45, 7) is 3.90. The summed E-state index contributed by atoms with van der Waals surface area (Å²) in [6.07, 6.45) is 5.79. The van der Waals surface area contributed by atoms with Crippen LogP contribution in [0.15, 0.2) is 34.9 Å². The number of aryl methyl sites for hydroxylation is 1. The average Bonchev–Trinajstić information content (AvgIpc) is 3.14. The van der Waals surface area contributed by atoms with Crippen molar-refractivity contribution in [2.45, 2.75) is 38.8 Å². The number of nitrogens with one attached hydrogen (secondary N) is 2. The molecule has 1 atom stereocenters. The molecule has 8 heteroatoms. The third-order valence-electron chi connectivity index (χ3n) is 5.01. The molecule has 26 heavy (non-hydrogen) atoms. The van der Waals surface area contributed by atoms with Crippen molar-refractivity contribution in [1.29, 1.82) is 0 Å². The zero-order chi connectivity index (χ0) is 18.5. The van der Waals surface area contributed by atoms with Crippen molar-refractivity contribution < 1.29 is 4.79 Å². The lowest BCUT2D eigenvalue weighted by molar-refractivity contribution is 0.0937. The van der Waals surface area contributed by atoms with Gasteiger partial charge in [0.15, 0.2) is 0 Å². The van der Waals surface area contributed by atoms with Crippen LogP contribution in [0, 0.1) is 6.92 Å². The fourth-order valence-electron chi connectivity index (χ4n) is 3.77. The highest BCUT2D eigenvalue weighted by Gasteiger charge is 2.45. The monoisotopic (exact) mass is 352 g/mol. The highest BCUT2D eigenvalue weighted by Crippen LogP contribution is 2.38. The van der Waals surface area contributed by atoms with Gasteiger partial charge in [0.25, 0.3) is 11.5 Å². The molecule has 0 radical (unpaired) electrons. The molecule has 2 aliphatic rings. The van der Waals surface area contributed by atoms with Crippen LogP contribution < -0.4 is 21.9 Å². The average molecular weight is 352 g/mol. The molecule has 1 aliphatic carbocycles. The zero-order valence-electron chi connectivity index (χ0n) is 14.7. The van der Waals surface area contributed by atoms with Gasteiger partial charge in [-0.05, 0) is 43.9 Å². The molecule has 0 saturated carbocycles. The third kappa shape index (κ3) is 2.37. The summed E-state index contributed by atoms with van der Waals surface area (Å²) in [5.74, 6) is 0.517. The number of carbonyl (C=O) groups excluding carboxylic acids is 1. The Hall–Kier alpha value is -3.16. The van der Waals surface area contributed by atoms with Gasteiger partial charge in [-0.3, -0.25) is 14.2 Å². The molecule has 3 heterocycles. The molecule has 1 aliphatic heterocycles. The molecule has 4 rings (SSSR count). The molecule has 1 amide bonds. The molecule has 1 unspecified atom stereocenters. The van der Waals surface area contributed by atoms with E-state index in [0.717, 1.165) is 18.4 Å². The Labute approximate surface area is 150 Å². The lowest BCUT2D eigenvalue weighted by Crippen LogP contribution is -2.44. The van der Waals surface area contributed by atoms with E-state index in [2.05, 4.69) is 27.5 Å². The van der Waals surface area contributed by atoms with Crippen molar-refractivity contribution in [2.75, 3.05) is 11.1 Å². The molecule has 0 bridgehead atoms. The molecular formula is C18H20N6O2. The van der Waals surface area contributed by atoms with Crippen LogP contribution in [0.2, 0.25) is 0 Å². The van der Waals surface area contributed by atoms with Crippen LogP contribution in [-0.4, -0.2) is 20.4 Å². The Morgan fingerprint density at radius 3 is 2.85 bits per heavy atom. The van der Waals surface area contributed by atoms with Gasteiger partial charge in [0.1, 0.15) is 35.0 Å². The number of nitrogen functional groups attached to an aromatic ring is 1. The van der Waals surface area contributed by atoms with Gasteiger partial charge in [-0.15, -0.1) is 0 Å². The van der Waals surface area contributed by atoms with E-state index in [4.69, 9.17) is 5.73 Å². The fourth-order valence-corrected chi connectivity index (χ4v) is 3.77. The lowest BCUT2D eigenvalue weighted by atomic mass is 10.1. The molecule has 4 N–H and O–H groups in total. The van der Waals surface area contributed by atoms with E-state index in [0.29, 0.717) is 29.4 Å². The minimum Gasteiger partial charge on any atom is -0.384 e. The van der Waals surface area contributed by atoms with Crippen LogP contribution in [0.4, 0.5) is 17.3 Å². The molecule has 8 nitrogen and oxygen atoms in total. The van der Waals surface area contributed by atoms with E-state index in [9.17, 15) is 9.59 Å². The normalized spacial score (nSPS) is 20.8. The second-order valence-electron chi connectivity index (χ2n) is 6.72. The molecule has 0 aromatic carbocycles. The fraction of sp³-hybridized carbons (Fsp3) is 0.333. The number of hydrogen-bond donors (Lipinski definition) is 3. The summed E-state index contributed by atoms with van der Waals surface area (Å²) in [7, 11) is 0. The maximum atomic E-state index is 13.2. The van der Waals surface area contributed by atoms with Crippen molar-refractivity contribution >= 4 is 23.2 Å². The van der Waals surface area contributed by atoms with Gasteiger partial charge in [-0.2, -0.15) is 0 Å². The minimum absolute atomic E-state index is 0.217. The van der Waals surface area contributed by atoms with Crippen molar-refractivity contribution in [3.8, 4) is 0 Å². The number of aromatic nitrogens is 3. The van der Waals surface area contributed by atoms with E-state index in [1.54, 1.807) is 16.7 Å². The Kier molecular flexibility index (Phi) is 3.57. The van der Waals surface area contributed by atoms with E-state index < -0.39 is 5.66 Å². The highest BCUT2D eigenvalue weighted by molar-refractivity contribution is 5.97. The maximum Gasteiger partial charge on any atom is 0.277 e. The number of nitrogens with two attached hydrogens (primary N) is 1.